The van der Waals surface area contributed by atoms with Crippen LogP contribution >= 0.6 is 0 Å². The number of aromatic nitrogens is 2. The van der Waals surface area contributed by atoms with Crippen molar-refractivity contribution in [1.29, 1.82) is 0 Å². The highest BCUT2D eigenvalue weighted by Crippen LogP contribution is 2.34. The Morgan fingerprint density at radius 2 is 1.14 bits per heavy atom. The molecule has 0 bridgehead atoms. The van der Waals surface area contributed by atoms with Gasteiger partial charge in [0.15, 0.2) is 12.2 Å². The highest BCUT2D eigenvalue weighted by Gasteiger charge is 2.55. The highest BCUT2D eigenvalue weighted by molar-refractivity contribution is 5.78. The summed E-state index contributed by atoms with van der Waals surface area (Å²) >= 11 is 0. The average Bonchev–Trinajstić information content (AvgIpc) is 3.22. The molecule has 1 aromatic heterocycles. The van der Waals surface area contributed by atoms with Crippen LogP contribution in [0.3, 0.4) is 0 Å². The summed E-state index contributed by atoms with van der Waals surface area (Å²) in [4.78, 5) is 52.4. The number of hydrogen-bond acceptors (Lipinski definition) is 11. The Bertz CT molecular complexity index is 1130. The molecule has 238 valence electrons. The summed E-state index contributed by atoms with van der Waals surface area (Å²) in [5, 5.41) is 4.22. The van der Waals surface area contributed by atoms with Crippen molar-refractivity contribution < 1.29 is 47.6 Å². The van der Waals surface area contributed by atoms with Crippen LogP contribution in [-0.2, 0) is 49.9 Å². The minimum absolute atomic E-state index is 0.135. The van der Waals surface area contributed by atoms with E-state index in [1.165, 1.54) is 4.68 Å². The van der Waals surface area contributed by atoms with Gasteiger partial charge in [-0.1, -0.05) is 0 Å². The van der Waals surface area contributed by atoms with E-state index in [-0.39, 0.29) is 12.5 Å². The molecule has 0 spiro atoms. The standard InChI is InChI=1S/C30H48N2O10/c1-27(2,3)23(33)37-16-17-19(40-24(34)28(4,5)6)20(41-25(35)29(7,8)9)21(42-26(36)30(10,11)12)22(38-17)39-18-14-15-32(13)31-18/h14-15,17,19-22H,16H2,1-13H3/t17-,19-,20+,21-,22+/m1/s1. The van der Waals surface area contributed by atoms with Gasteiger partial charge in [0.05, 0.1) is 21.7 Å². The zero-order valence-corrected chi connectivity index (χ0v) is 27.2. The Balaban J connectivity index is 2.68. The molecule has 1 aliphatic rings. The van der Waals surface area contributed by atoms with Crippen molar-refractivity contribution in [3.8, 4) is 5.88 Å². The van der Waals surface area contributed by atoms with Gasteiger partial charge in [-0.15, -0.1) is 5.10 Å². The van der Waals surface area contributed by atoms with Gasteiger partial charge in [-0.05, 0) is 83.1 Å². The van der Waals surface area contributed by atoms with Crippen molar-refractivity contribution in [2.75, 3.05) is 6.61 Å². The molecule has 12 heteroatoms. The lowest BCUT2D eigenvalue weighted by atomic mass is 9.93. The number of ether oxygens (including phenoxy) is 6. The average molecular weight is 597 g/mol. The molecular weight excluding hydrogens is 548 g/mol. The molecule has 0 N–H and O–H groups in total. The molecule has 1 aromatic rings. The molecule has 42 heavy (non-hydrogen) atoms. The molecule has 5 atom stereocenters. The van der Waals surface area contributed by atoms with E-state index < -0.39 is 76.2 Å². The fourth-order valence-electron chi connectivity index (χ4n) is 3.36. The highest BCUT2D eigenvalue weighted by atomic mass is 16.7. The summed E-state index contributed by atoms with van der Waals surface area (Å²) in [6.07, 6.45) is -5.03. The summed E-state index contributed by atoms with van der Waals surface area (Å²) in [7, 11) is 1.69. The Morgan fingerprint density at radius 3 is 1.55 bits per heavy atom. The molecule has 0 amide bonds. The second-order valence-electron chi connectivity index (χ2n) is 14.7. The van der Waals surface area contributed by atoms with E-state index in [1.807, 2.05) is 0 Å². The molecule has 0 aliphatic carbocycles. The predicted molar refractivity (Wildman–Crippen MR) is 151 cm³/mol. The molecule has 0 unspecified atom stereocenters. The summed E-state index contributed by atoms with van der Waals surface area (Å²) in [5.74, 6) is -2.31. The van der Waals surface area contributed by atoms with Crippen molar-refractivity contribution in [2.45, 2.75) is 114 Å². The number of rotatable bonds is 7. The summed E-state index contributed by atoms with van der Waals surface area (Å²) in [6, 6.07) is 1.57. The SMILES string of the molecule is Cn1ccc(O[C@@H]2O[C@H](COC(=O)C(C)(C)C)[C@@H](OC(=O)C(C)(C)C)[C@H](OC(=O)C(C)(C)C)[C@H]2OC(=O)C(C)(C)C)n1. The lowest BCUT2D eigenvalue weighted by Gasteiger charge is -2.45. The van der Waals surface area contributed by atoms with Gasteiger partial charge in [0.25, 0.3) is 0 Å². The van der Waals surface area contributed by atoms with Crippen molar-refractivity contribution in [2.24, 2.45) is 28.7 Å². The lowest BCUT2D eigenvalue weighted by Crippen LogP contribution is -2.65. The summed E-state index contributed by atoms with van der Waals surface area (Å²) in [5.41, 5.74) is -3.71. The maximum Gasteiger partial charge on any atom is 0.311 e. The first-order chi connectivity index (χ1) is 18.9. The first-order valence-corrected chi connectivity index (χ1v) is 14.0. The monoisotopic (exact) mass is 596 g/mol. The van der Waals surface area contributed by atoms with Gasteiger partial charge < -0.3 is 28.4 Å². The van der Waals surface area contributed by atoms with E-state index >= 15 is 0 Å². The largest absolute Gasteiger partial charge is 0.462 e. The minimum atomic E-state index is -1.39. The van der Waals surface area contributed by atoms with Crippen LogP contribution in [0.25, 0.3) is 0 Å². The van der Waals surface area contributed by atoms with E-state index in [0.29, 0.717) is 0 Å². The molecule has 12 nitrogen and oxygen atoms in total. The number of carbonyl (C=O) groups is 4. The second-order valence-corrected chi connectivity index (χ2v) is 14.7. The van der Waals surface area contributed by atoms with Gasteiger partial charge in [0, 0.05) is 19.3 Å². The van der Waals surface area contributed by atoms with Crippen LogP contribution in [0.1, 0.15) is 83.1 Å². The molecule has 1 aliphatic heterocycles. The van der Waals surface area contributed by atoms with E-state index in [9.17, 15) is 19.2 Å². The zero-order chi connectivity index (χ0) is 32.4. The topological polar surface area (TPSA) is 141 Å². The van der Waals surface area contributed by atoms with Gasteiger partial charge in [-0.2, -0.15) is 0 Å². The molecule has 2 rings (SSSR count). The maximum absolute atomic E-state index is 13.3. The third kappa shape index (κ3) is 9.43. The molecule has 1 saturated heterocycles. The first-order valence-electron chi connectivity index (χ1n) is 14.0. The van der Waals surface area contributed by atoms with Gasteiger partial charge in [-0.3, -0.25) is 23.9 Å². The van der Waals surface area contributed by atoms with E-state index in [0.717, 1.165) is 0 Å². The van der Waals surface area contributed by atoms with E-state index in [2.05, 4.69) is 5.10 Å². The van der Waals surface area contributed by atoms with Crippen LogP contribution in [0.5, 0.6) is 5.88 Å². The third-order valence-electron chi connectivity index (χ3n) is 6.07. The van der Waals surface area contributed by atoms with Crippen molar-refractivity contribution in [3.63, 3.8) is 0 Å². The smallest absolute Gasteiger partial charge is 0.311 e. The Kier molecular flexibility index (Phi) is 10.5. The van der Waals surface area contributed by atoms with E-state index in [1.54, 1.807) is 102 Å². The predicted octanol–water partition coefficient (Wildman–Crippen LogP) is 3.99. The number of nitrogens with zero attached hydrogens (tertiary/aromatic N) is 2. The van der Waals surface area contributed by atoms with Crippen molar-refractivity contribution in [1.82, 2.24) is 9.78 Å². The molecule has 1 fully saturated rings. The van der Waals surface area contributed by atoms with Gasteiger partial charge >= 0.3 is 23.9 Å². The van der Waals surface area contributed by atoms with Crippen LogP contribution in [0, 0.1) is 21.7 Å². The second kappa shape index (κ2) is 12.6. The van der Waals surface area contributed by atoms with Gasteiger partial charge in [-0.25, -0.2) is 0 Å². The van der Waals surface area contributed by atoms with Gasteiger partial charge in [0.2, 0.25) is 18.3 Å². The summed E-state index contributed by atoms with van der Waals surface area (Å²) in [6.45, 7) is 19.6. The van der Waals surface area contributed by atoms with Crippen LogP contribution in [0.4, 0.5) is 0 Å². The number of aryl methyl sites for hydroxylation is 1. The fraction of sp³-hybridized carbons (Fsp3) is 0.767. The van der Waals surface area contributed by atoms with Crippen molar-refractivity contribution >= 4 is 23.9 Å². The third-order valence-corrected chi connectivity index (χ3v) is 6.07. The van der Waals surface area contributed by atoms with Gasteiger partial charge in [0.1, 0.15) is 12.7 Å². The maximum atomic E-state index is 13.3. The summed E-state index contributed by atoms with van der Waals surface area (Å²) < 4.78 is 37.1. The van der Waals surface area contributed by atoms with Crippen LogP contribution in [0.2, 0.25) is 0 Å². The number of carbonyl (C=O) groups excluding carboxylic acids is 4. The molecule has 0 radical (unpaired) electrons. The van der Waals surface area contributed by atoms with Crippen LogP contribution in [0.15, 0.2) is 12.3 Å². The number of hydrogen-bond donors (Lipinski definition) is 0. The van der Waals surface area contributed by atoms with Crippen LogP contribution in [-0.4, -0.2) is 71.0 Å². The minimum Gasteiger partial charge on any atom is -0.462 e. The van der Waals surface area contributed by atoms with Crippen LogP contribution < -0.4 is 4.74 Å². The quantitative estimate of drug-likeness (QED) is 0.333. The zero-order valence-electron chi connectivity index (χ0n) is 27.2. The Morgan fingerprint density at radius 1 is 0.714 bits per heavy atom. The molecule has 0 saturated carbocycles. The normalized spacial score (nSPS) is 23.5. The first kappa shape index (κ1) is 35.0. The van der Waals surface area contributed by atoms with Crippen molar-refractivity contribution in [3.05, 3.63) is 12.3 Å². The van der Waals surface area contributed by atoms with E-state index in [4.69, 9.17) is 28.4 Å². The lowest BCUT2D eigenvalue weighted by molar-refractivity contribution is -0.294. The molecule has 0 aromatic carbocycles. The Labute approximate surface area is 248 Å². The Hall–Kier alpha value is -3.15. The molecule has 2 heterocycles. The number of esters is 4. The molecular formula is C30H48N2O10. The fourth-order valence-corrected chi connectivity index (χ4v) is 3.36.